The van der Waals surface area contributed by atoms with Crippen molar-refractivity contribution < 1.29 is 9.53 Å². The average Bonchev–Trinajstić information content (AvgIpc) is 3.42. The topological polar surface area (TPSA) is 38.3 Å². The molecule has 0 aromatic heterocycles. The summed E-state index contributed by atoms with van der Waals surface area (Å²) in [6.07, 6.45) is 5.70. The summed E-state index contributed by atoms with van der Waals surface area (Å²) in [6, 6.07) is 18.2. The molecule has 1 amide bonds. The van der Waals surface area contributed by atoms with Crippen molar-refractivity contribution in [2.75, 3.05) is 13.2 Å². The Kier molecular flexibility index (Phi) is 4.99. The zero-order valence-electron chi connectivity index (χ0n) is 14.0. The lowest BCUT2D eigenvalue weighted by Crippen LogP contribution is -2.30. The minimum Gasteiger partial charge on any atom is -0.494 e. The van der Waals surface area contributed by atoms with Crippen LogP contribution >= 0.6 is 0 Å². The normalized spacial score (nSPS) is 15.2. The summed E-state index contributed by atoms with van der Waals surface area (Å²) in [5.41, 5.74) is 2.45. The van der Waals surface area contributed by atoms with E-state index in [4.69, 9.17) is 4.74 Å². The van der Waals surface area contributed by atoms with Gasteiger partial charge in [0.25, 0.3) is 0 Å². The molecule has 3 rings (SSSR count). The second-order valence-electron chi connectivity index (χ2n) is 6.20. The van der Waals surface area contributed by atoms with Gasteiger partial charge in [0.1, 0.15) is 5.75 Å². The van der Waals surface area contributed by atoms with E-state index in [-0.39, 0.29) is 11.3 Å². The van der Waals surface area contributed by atoms with Crippen LogP contribution in [0.3, 0.4) is 0 Å². The van der Waals surface area contributed by atoms with Gasteiger partial charge in [-0.1, -0.05) is 42.5 Å². The van der Waals surface area contributed by atoms with Crippen LogP contribution in [-0.2, 0) is 10.2 Å². The van der Waals surface area contributed by atoms with Crippen molar-refractivity contribution in [2.24, 2.45) is 0 Å². The Morgan fingerprint density at radius 3 is 2.46 bits per heavy atom. The van der Waals surface area contributed by atoms with Gasteiger partial charge in [-0.05, 0) is 49.1 Å². The lowest BCUT2D eigenvalue weighted by atomic mass is 9.96. The minimum atomic E-state index is -0.0499. The van der Waals surface area contributed by atoms with Crippen LogP contribution in [-0.4, -0.2) is 19.1 Å². The van der Waals surface area contributed by atoms with Gasteiger partial charge in [0.15, 0.2) is 0 Å². The number of carbonyl (C=O) groups is 1. The SMILES string of the molecule is CCOc1ccc(/C=C/C(=O)NCC2(c3ccccc3)CC2)cc1. The molecular weight excluding hydrogens is 298 g/mol. The van der Waals surface area contributed by atoms with E-state index in [2.05, 4.69) is 29.6 Å². The van der Waals surface area contributed by atoms with Crippen LogP contribution in [0, 0.1) is 0 Å². The molecule has 1 aliphatic rings. The third-order valence-corrected chi connectivity index (χ3v) is 4.46. The molecule has 0 bridgehead atoms. The number of benzene rings is 2. The predicted molar refractivity (Wildman–Crippen MR) is 97.0 cm³/mol. The predicted octanol–water partition coefficient (Wildman–Crippen LogP) is 3.95. The van der Waals surface area contributed by atoms with Gasteiger partial charge >= 0.3 is 0 Å². The van der Waals surface area contributed by atoms with E-state index in [9.17, 15) is 4.79 Å². The smallest absolute Gasteiger partial charge is 0.244 e. The number of hydrogen-bond donors (Lipinski definition) is 1. The van der Waals surface area contributed by atoms with Crippen molar-refractivity contribution in [1.82, 2.24) is 5.32 Å². The van der Waals surface area contributed by atoms with E-state index in [1.165, 1.54) is 5.56 Å². The number of amides is 1. The number of hydrogen-bond acceptors (Lipinski definition) is 2. The van der Waals surface area contributed by atoms with Gasteiger partial charge in [-0.25, -0.2) is 0 Å². The highest BCUT2D eigenvalue weighted by atomic mass is 16.5. The molecule has 2 aromatic rings. The summed E-state index contributed by atoms with van der Waals surface area (Å²) in [7, 11) is 0. The zero-order valence-corrected chi connectivity index (χ0v) is 14.0. The molecule has 124 valence electrons. The van der Waals surface area contributed by atoms with Crippen LogP contribution in [0.2, 0.25) is 0 Å². The molecule has 1 N–H and O–H groups in total. The molecule has 1 aliphatic carbocycles. The molecular formula is C21H23NO2. The molecule has 1 saturated carbocycles. The van der Waals surface area contributed by atoms with E-state index < -0.39 is 0 Å². The first-order valence-electron chi connectivity index (χ1n) is 8.46. The fourth-order valence-corrected chi connectivity index (χ4v) is 2.84. The van der Waals surface area contributed by atoms with Gasteiger partial charge in [0.05, 0.1) is 6.61 Å². The molecule has 3 nitrogen and oxygen atoms in total. The summed E-state index contributed by atoms with van der Waals surface area (Å²) in [4.78, 5) is 12.1. The first-order chi connectivity index (χ1) is 11.7. The summed E-state index contributed by atoms with van der Waals surface area (Å²) in [5.74, 6) is 0.795. The summed E-state index contributed by atoms with van der Waals surface area (Å²) in [6.45, 7) is 3.31. The van der Waals surface area contributed by atoms with Crippen molar-refractivity contribution in [3.63, 3.8) is 0 Å². The Hall–Kier alpha value is -2.55. The van der Waals surface area contributed by atoms with Gasteiger partial charge in [-0.2, -0.15) is 0 Å². The fraction of sp³-hybridized carbons (Fsp3) is 0.286. The molecule has 0 atom stereocenters. The maximum Gasteiger partial charge on any atom is 0.244 e. The van der Waals surface area contributed by atoms with Crippen LogP contribution in [0.5, 0.6) is 5.75 Å². The lowest BCUT2D eigenvalue weighted by Gasteiger charge is -2.15. The van der Waals surface area contributed by atoms with Crippen LogP contribution in [0.4, 0.5) is 0 Å². The van der Waals surface area contributed by atoms with Crippen molar-refractivity contribution >= 4 is 12.0 Å². The van der Waals surface area contributed by atoms with Crippen molar-refractivity contribution in [3.8, 4) is 5.75 Å². The van der Waals surface area contributed by atoms with Crippen LogP contribution in [0.25, 0.3) is 6.08 Å². The van der Waals surface area contributed by atoms with E-state index in [0.29, 0.717) is 13.2 Å². The molecule has 0 aliphatic heterocycles. The number of rotatable bonds is 7. The van der Waals surface area contributed by atoms with E-state index in [1.807, 2.05) is 43.3 Å². The third-order valence-electron chi connectivity index (χ3n) is 4.46. The van der Waals surface area contributed by atoms with Gasteiger partial charge < -0.3 is 10.1 Å². The molecule has 1 fully saturated rings. The number of ether oxygens (including phenoxy) is 1. The van der Waals surface area contributed by atoms with Gasteiger partial charge in [-0.3, -0.25) is 4.79 Å². The van der Waals surface area contributed by atoms with Crippen molar-refractivity contribution in [1.29, 1.82) is 0 Å². The Morgan fingerprint density at radius 2 is 1.83 bits per heavy atom. The molecule has 0 spiro atoms. The lowest BCUT2D eigenvalue weighted by molar-refractivity contribution is -0.116. The highest BCUT2D eigenvalue weighted by Crippen LogP contribution is 2.47. The fourth-order valence-electron chi connectivity index (χ4n) is 2.84. The van der Waals surface area contributed by atoms with Crippen LogP contribution < -0.4 is 10.1 Å². The minimum absolute atomic E-state index is 0.0499. The largest absolute Gasteiger partial charge is 0.494 e. The van der Waals surface area contributed by atoms with E-state index in [0.717, 1.165) is 24.2 Å². The second-order valence-corrected chi connectivity index (χ2v) is 6.20. The van der Waals surface area contributed by atoms with Gasteiger partial charge in [0, 0.05) is 18.0 Å². The first-order valence-corrected chi connectivity index (χ1v) is 8.46. The third kappa shape index (κ3) is 4.05. The molecule has 0 unspecified atom stereocenters. The Labute approximate surface area is 143 Å². The van der Waals surface area contributed by atoms with Crippen LogP contribution in [0.15, 0.2) is 60.7 Å². The monoisotopic (exact) mass is 321 g/mol. The van der Waals surface area contributed by atoms with Gasteiger partial charge in [0.2, 0.25) is 5.91 Å². The van der Waals surface area contributed by atoms with E-state index in [1.54, 1.807) is 6.08 Å². The first kappa shape index (κ1) is 16.3. The van der Waals surface area contributed by atoms with Crippen LogP contribution in [0.1, 0.15) is 30.9 Å². The molecule has 3 heteroatoms. The summed E-state index contributed by atoms with van der Waals surface area (Å²) in [5, 5.41) is 3.04. The second kappa shape index (κ2) is 7.35. The Balaban J connectivity index is 1.52. The molecule has 24 heavy (non-hydrogen) atoms. The zero-order chi connectivity index (χ0) is 16.8. The number of carbonyl (C=O) groups excluding carboxylic acids is 1. The molecule has 0 heterocycles. The maximum atomic E-state index is 12.1. The quantitative estimate of drug-likeness (QED) is 0.784. The highest BCUT2D eigenvalue weighted by molar-refractivity contribution is 5.91. The Morgan fingerprint density at radius 1 is 1.12 bits per heavy atom. The molecule has 2 aromatic carbocycles. The summed E-state index contributed by atoms with van der Waals surface area (Å²) >= 11 is 0. The van der Waals surface area contributed by atoms with Crippen molar-refractivity contribution in [2.45, 2.75) is 25.2 Å². The average molecular weight is 321 g/mol. The molecule has 0 saturated heterocycles. The molecule has 0 radical (unpaired) electrons. The standard InChI is InChI=1S/C21H23NO2/c1-2-24-19-11-8-17(9-12-19)10-13-20(23)22-16-21(14-15-21)18-6-4-3-5-7-18/h3-13H,2,14-16H2,1H3,(H,22,23)/b13-10+. The van der Waals surface area contributed by atoms with Crippen molar-refractivity contribution in [3.05, 3.63) is 71.8 Å². The highest BCUT2D eigenvalue weighted by Gasteiger charge is 2.43. The Bertz CT molecular complexity index is 700. The maximum absolute atomic E-state index is 12.1. The summed E-state index contributed by atoms with van der Waals surface area (Å²) < 4.78 is 5.41. The van der Waals surface area contributed by atoms with E-state index >= 15 is 0 Å². The van der Waals surface area contributed by atoms with Gasteiger partial charge in [-0.15, -0.1) is 0 Å². The number of nitrogens with one attached hydrogen (secondary N) is 1.